The molecule has 0 radical (unpaired) electrons. The van der Waals surface area contributed by atoms with Crippen LogP contribution in [-0.4, -0.2) is 27.6 Å². The Labute approximate surface area is 136 Å². The van der Waals surface area contributed by atoms with Gasteiger partial charge in [0.2, 0.25) is 0 Å². The summed E-state index contributed by atoms with van der Waals surface area (Å²) in [6.45, 7) is 3.11. The summed E-state index contributed by atoms with van der Waals surface area (Å²) in [7, 11) is 0. The van der Waals surface area contributed by atoms with Crippen molar-refractivity contribution < 1.29 is 0 Å². The standard InChI is InChI=1S/C18H21N5/c19-10-15-5-6-17(21-11-15)22-8-1-2-16(13-22)18-20-7-9-23(18)12-14-3-4-14/h5-7,9,11,14,16H,1-4,8,12-13H2/t16-/m0/s1. The Morgan fingerprint density at radius 2 is 2.13 bits per heavy atom. The smallest absolute Gasteiger partial charge is 0.128 e. The van der Waals surface area contributed by atoms with Gasteiger partial charge >= 0.3 is 0 Å². The number of piperidine rings is 1. The maximum absolute atomic E-state index is 8.90. The molecule has 2 fully saturated rings. The largest absolute Gasteiger partial charge is 0.356 e. The summed E-state index contributed by atoms with van der Waals surface area (Å²) < 4.78 is 2.36. The van der Waals surface area contributed by atoms with Crippen LogP contribution in [0, 0.1) is 17.2 Å². The second-order valence-electron chi connectivity index (χ2n) is 6.68. The molecule has 1 saturated heterocycles. The summed E-state index contributed by atoms with van der Waals surface area (Å²) in [5.41, 5.74) is 0.613. The first-order valence-electron chi connectivity index (χ1n) is 8.45. The van der Waals surface area contributed by atoms with E-state index in [4.69, 9.17) is 5.26 Å². The average Bonchev–Trinajstić information content (AvgIpc) is 3.30. The Balaban J connectivity index is 1.50. The molecule has 1 aliphatic carbocycles. The van der Waals surface area contributed by atoms with Crippen molar-refractivity contribution in [2.45, 2.75) is 38.1 Å². The van der Waals surface area contributed by atoms with E-state index in [9.17, 15) is 0 Å². The van der Waals surface area contributed by atoms with Gasteiger partial charge in [-0.2, -0.15) is 5.26 Å². The van der Waals surface area contributed by atoms with Crippen molar-refractivity contribution in [2.24, 2.45) is 5.92 Å². The summed E-state index contributed by atoms with van der Waals surface area (Å²) in [6, 6.07) is 5.93. The van der Waals surface area contributed by atoms with E-state index in [-0.39, 0.29) is 0 Å². The Morgan fingerprint density at radius 3 is 2.87 bits per heavy atom. The number of rotatable bonds is 4. The molecule has 1 saturated carbocycles. The number of hydrogen-bond donors (Lipinski definition) is 0. The molecule has 0 bridgehead atoms. The van der Waals surface area contributed by atoms with E-state index in [0.717, 1.165) is 37.8 Å². The van der Waals surface area contributed by atoms with Gasteiger partial charge in [0, 0.05) is 44.1 Å². The monoisotopic (exact) mass is 307 g/mol. The highest BCUT2D eigenvalue weighted by Crippen LogP contribution is 2.33. The molecule has 118 valence electrons. The van der Waals surface area contributed by atoms with Crippen LogP contribution in [0.25, 0.3) is 0 Å². The van der Waals surface area contributed by atoms with Gasteiger partial charge in [0.15, 0.2) is 0 Å². The third-order valence-electron chi connectivity index (χ3n) is 4.89. The van der Waals surface area contributed by atoms with Crippen molar-refractivity contribution in [3.05, 3.63) is 42.1 Å². The van der Waals surface area contributed by atoms with E-state index in [0.29, 0.717) is 11.5 Å². The lowest BCUT2D eigenvalue weighted by molar-refractivity contribution is 0.462. The number of hydrogen-bond acceptors (Lipinski definition) is 4. The van der Waals surface area contributed by atoms with Crippen LogP contribution in [0.15, 0.2) is 30.7 Å². The lowest BCUT2D eigenvalue weighted by Crippen LogP contribution is -2.36. The van der Waals surface area contributed by atoms with Gasteiger partial charge in [-0.1, -0.05) is 0 Å². The van der Waals surface area contributed by atoms with Crippen LogP contribution in [0.1, 0.15) is 43.0 Å². The Morgan fingerprint density at radius 1 is 1.22 bits per heavy atom. The van der Waals surface area contributed by atoms with Gasteiger partial charge in [0.25, 0.3) is 0 Å². The van der Waals surface area contributed by atoms with Crippen LogP contribution in [-0.2, 0) is 6.54 Å². The van der Waals surface area contributed by atoms with Gasteiger partial charge in [-0.3, -0.25) is 0 Å². The zero-order valence-electron chi connectivity index (χ0n) is 13.2. The topological polar surface area (TPSA) is 57.7 Å². The molecular weight excluding hydrogens is 286 g/mol. The maximum Gasteiger partial charge on any atom is 0.128 e. The minimum Gasteiger partial charge on any atom is -0.356 e. The van der Waals surface area contributed by atoms with Crippen molar-refractivity contribution in [1.29, 1.82) is 5.26 Å². The second kappa shape index (κ2) is 6.04. The molecule has 0 N–H and O–H groups in total. The number of pyridine rings is 1. The molecule has 0 spiro atoms. The van der Waals surface area contributed by atoms with Crippen LogP contribution >= 0.6 is 0 Å². The Kier molecular flexibility index (Phi) is 3.74. The number of nitriles is 1. The number of nitrogens with zero attached hydrogens (tertiary/aromatic N) is 5. The molecule has 23 heavy (non-hydrogen) atoms. The molecule has 3 heterocycles. The highest BCUT2D eigenvalue weighted by Gasteiger charge is 2.28. The molecule has 5 heteroatoms. The van der Waals surface area contributed by atoms with Gasteiger partial charge in [0.05, 0.1) is 5.56 Å². The van der Waals surface area contributed by atoms with Crippen molar-refractivity contribution in [3.8, 4) is 6.07 Å². The van der Waals surface area contributed by atoms with E-state index in [1.54, 1.807) is 6.20 Å². The fraction of sp³-hybridized carbons (Fsp3) is 0.500. The molecule has 4 rings (SSSR count). The number of anilines is 1. The van der Waals surface area contributed by atoms with Crippen LogP contribution in [0.5, 0.6) is 0 Å². The molecule has 0 aromatic carbocycles. The van der Waals surface area contributed by atoms with E-state index in [2.05, 4.69) is 31.7 Å². The molecule has 1 atom stereocenters. The molecule has 0 unspecified atom stereocenters. The molecule has 5 nitrogen and oxygen atoms in total. The summed E-state index contributed by atoms with van der Waals surface area (Å²) in [4.78, 5) is 11.4. The first kappa shape index (κ1) is 14.3. The number of aromatic nitrogens is 3. The highest BCUT2D eigenvalue weighted by atomic mass is 15.2. The molecule has 2 aromatic heterocycles. The van der Waals surface area contributed by atoms with Gasteiger partial charge in [0.1, 0.15) is 17.7 Å². The molecule has 2 aliphatic rings. The van der Waals surface area contributed by atoms with Crippen LogP contribution < -0.4 is 4.90 Å². The molecule has 2 aromatic rings. The summed E-state index contributed by atoms with van der Waals surface area (Å²) in [6.07, 6.45) is 10.8. The fourth-order valence-corrected chi connectivity index (χ4v) is 3.45. The SMILES string of the molecule is N#Cc1ccc(N2CCC[C@H](c3nccn3CC3CC3)C2)nc1. The summed E-state index contributed by atoms with van der Waals surface area (Å²) in [5, 5.41) is 8.90. The molecule has 1 aliphatic heterocycles. The third kappa shape index (κ3) is 3.07. The molecular formula is C18H21N5. The van der Waals surface area contributed by atoms with Crippen LogP contribution in [0.2, 0.25) is 0 Å². The summed E-state index contributed by atoms with van der Waals surface area (Å²) in [5.74, 6) is 3.53. The van der Waals surface area contributed by atoms with Gasteiger partial charge < -0.3 is 9.47 Å². The van der Waals surface area contributed by atoms with Gasteiger partial charge in [-0.05, 0) is 43.7 Å². The van der Waals surface area contributed by atoms with E-state index in [1.807, 2.05) is 18.3 Å². The van der Waals surface area contributed by atoms with Gasteiger partial charge in [-0.15, -0.1) is 0 Å². The normalized spacial score (nSPS) is 21.2. The maximum atomic E-state index is 8.90. The predicted octanol–water partition coefficient (Wildman–Crippen LogP) is 2.94. The van der Waals surface area contributed by atoms with Crippen molar-refractivity contribution in [1.82, 2.24) is 14.5 Å². The Bertz CT molecular complexity index is 708. The zero-order valence-corrected chi connectivity index (χ0v) is 13.2. The van der Waals surface area contributed by atoms with Crippen molar-refractivity contribution >= 4 is 5.82 Å². The highest BCUT2D eigenvalue weighted by molar-refractivity contribution is 5.42. The van der Waals surface area contributed by atoms with Crippen LogP contribution in [0.3, 0.4) is 0 Å². The minimum atomic E-state index is 0.468. The van der Waals surface area contributed by atoms with E-state index in [1.165, 1.54) is 25.1 Å². The van der Waals surface area contributed by atoms with Crippen molar-refractivity contribution in [2.75, 3.05) is 18.0 Å². The Hall–Kier alpha value is -2.35. The third-order valence-corrected chi connectivity index (χ3v) is 4.89. The van der Waals surface area contributed by atoms with E-state index >= 15 is 0 Å². The summed E-state index contributed by atoms with van der Waals surface area (Å²) >= 11 is 0. The van der Waals surface area contributed by atoms with Crippen molar-refractivity contribution in [3.63, 3.8) is 0 Å². The second-order valence-corrected chi connectivity index (χ2v) is 6.68. The average molecular weight is 307 g/mol. The quantitative estimate of drug-likeness (QED) is 0.871. The first-order valence-corrected chi connectivity index (χ1v) is 8.45. The zero-order chi connectivity index (χ0) is 15.6. The van der Waals surface area contributed by atoms with Crippen LogP contribution in [0.4, 0.5) is 5.82 Å². The minimum absolute atomic E-state index is 0.468. The van der Waals surface area contributed by atoms with E-state index < -0.39 is 0 Å². The number of imidazole rings is 1. The lowest BCUT2D eigenvalue weighted by atomic mass is 9.97. The fourth-order valence-electron chi connectivity index (χ4n) is 3.45. The predicted molar refractivity (Wildman–Crippen MR) is 88.1 cm³/mol. The molecule has 0 amide bonds. The van der Waals surface area contributed by atoms with Gasteiger partial charge in [-0.25, -0.2) is 9.97 Å². The first-order chi connectivity index (χ1) is 11.3. The lowest BCUT2D eigenvalue weighted by Gasteiger charge is -2.33.